The van der Waals surface area contributed by atoms with Crippen molar-refractivity contribution in [3.05, 3.63) is 147 Å². The fraction of sp³-hybridized carbons (Fsp3) is 0.354. The van der Waals surface area contributed by atoms with Gasteiger partial charge in [0.05, 0.1) is 11.0 Å². The van der Waals surface area contributed by atoms with E-state index in [2.05, 4.69) is 81.7 Å². The topological polar surface area (TPSA) is 117 Å². The van der Waals surface area contributed by atoms with Crippen molar-refractivity contribution in [1.29, 1.82) is 0 Å². The SMILES string of the molecule is CC.CCN(C)CCCNc1ccc(OS(C)(N)C(=O)c2ccc3c(c2)CCC2CN(Cc4ccccc4-c4ccc(Cl)cc4)CCN32)cc1[N+](=O)[O-].CSc1ccccc1. The predicted octanol–water partition coefficient (Wildman–Crippen LogP) is 11.2. The highest BCUT2D eigenvalue weighted by Crippen LogP contribution is 2.44. The maximum absolute atomic E-state index is 13.8. The van der Waals surface area contributed by atoms with Crippen LogP contribution in [0.4, 0.5) is 17.1 Å². The Labute approximate surface area is 373 Å². The molecule has 2 heterocycles. The number of halogens is 1. The molecular formula is C48H61ClN6O4S2. The first-order valence-electron chi connectivity index (χ1n) is 21.0. The fourth-order valence-electron chi connectivity index (χ4n) is 7.57. The second-order valence-electron chi connectivity index (χ2n) is 15.0. The van der Waals surface area contributed by atoms with E-state index in [1.54, 1.807) is 30.2 Å². The minimum atomic E-state index is -2.78. The highest BCUT2D eigenvalue weighted by molar-refractivity contribution is 8.40. The molecule has 7 rings (SSSR count). The van der Waals surface area contributed by atoms with Gasteiger partial charge in [0.2, 0.25) is 5.12 Å². The van der Waals surface area contributed by atoms with Gasteiger partial charge < -0.3 is 19.3 Å². The summed E-state index contributed by atoms with van der Waals surface area (Å²) >= 11 is 7.92. The average molecular weight is 886 g/mol. The number of rotatable bonds is 14. The van der Waals surface area contributed by atoms with Crippen molar-refractivity contribution in [2.45, 2.75) is 57.5 Å². The number of hydrogen-bond acceptors (Lipinski definition) is 10. The summed E-state index contributed by atoms with van der Waals surface area (Å²) in [6.45, 7) is 12.2. The molecule has 1 saturated heterocycles. The molecule has 2 aliphatic heterocycles. The summed E-state index contributed by atoms with van der Waals surface area (Å²) in [5, 5.41) is 22.0. The lowest BCUT2D eigenvalue weighted by Gasteiger charge is -2.46. The Morgan fingerprint density at radius 3 is 2.41 bits per heavy atom. The third kappa shape index (κ3) is 13.0. The van der Waals surface area contributed by atoms with Gasteiger partial charge in [-0.3, -0.25) is 24.9 Å². The number of thioether (sulfide) groups is 1. The van der Waals surface area contributed by atoms with Crippen LogP contribution < -0.4 is 19.5 Å². The molecule has 0 spiro atoms. The number of fused-ring (bicyclic) bond motifs is 3. The van der Waals surface area contributed by atoms with Gasteiger partial charge >= 0.3 is 0 Å². The Bertz CT molecular complexity index is 2190. The van der Waals surface area contributed by atoms with Crippen LogP contribution in [-0.2, 0) is 13.0 Å². The van der Waals surface area contributed by atoms with Gasteiger partial charge in [-0.15, -0.1) is 11.8 Å². The van der Waals surface area contributed by atoms with Gasteiger partial charge in [-0.1, -0.05) is 87.0 Å². The summed E-state index contributed by atoms with van der Waals surface area (Å²) < 4.78 is 6.02. The minimum Gasteiger partial charge on any atom is -0.428 e. The van der Waals surface area contributed by atoms with Crippen LogP contribution in [-0.4, -0.2) is 84.7 Å². The zero-order chi connectivity index (χ0) is 43.9. The maximum atomic E-state index is 13.8. The van der Waals surface area contributed by atoms with E-state index < -0.39 is 15.4 Å². The number of piperazine rings is 1. The molecule has 13 heteroatoms. The molecule has 3 N–H and O–H groups in total. The average Bonchev–Trinajstić information content (AvgIpc) is 3.29. The van der Waals surface area contributed by atoms with Crippen LogP contribution in [0.1, 0.15) is 55.1 Å². The number of benzene rings is 5. The van der Waals surface area contributed by atoms with Crippen molar-refractivity contribution in [2.24, 2.45) is 5.14 Å². The third-order valence-electron chi connectivity index (χ3n) is 10.9. The van der Waals surface area contributed by atoms with Crippen molar-refractivity contribution >= 4 is 56.0 Å². The smallest absolute Gasteiger partial charge is 0.296 e. The first kappa shape index (κ1) is 47.5. The van der Waals surface area contributed by atoms with Gasteiger partial charge in [-0.05, 0) is 123 Å². The van der Waals surface area contributed by atoms with Gasteiger partial charge in [0.15, 0.2) is 0 Å². The second kappa shape index (κ2) is 23.0. The molecule has 0 amide bonds. The fourth-order valence-corrected chi connectivity index (χ4v) is 9.30. The molecule has 2 atom stereocenters. The summed E-state index contributed by atoms with van der Waals surface area (Å²) in [4.78, 5) is 33.7. The van der Waals surface area contributed by atoms with E-state index in [9.17, 15) is 14.9 Å². The molecule has 0 radical (unpaired) electrons. The van der Waals surface area contributed by atoms with Gasteiger partial charge in [-0.25, -0.2) is 0 Å². The Morgan fingerprint density at radius 2 is 1.72 bits per heavy atom. The highest BCUT2D eigenvalue weighted by atomic mass is 35.5. The highest BCUT2D eigenvalue weighted by Gasteiger charge is 2.34. The summed E-state index contributed by atoms with van der Waals surface area (Å²) in [5.74, 6) is 0.195. The van der Waals surface area contributed by atoms with E-state index >= 15 is 0 Å². The molecule has 1 fully saturated rings. The number of anilines is 2. The molecule has 0 saturated carbocycles. The van der Waals surface area contributed by atoms with Crippen LogP contribution >= 0.6 is 33.9 Å². The lowest BCUT2D eigenvalue weighted by Crippen LogP contribution is -2.54. The van der Waals surface area contributed by atoms with Crippen LogP contribution in [0.3, 0.4) is 0 Å². The number of carbonyl (C=O) groups is 1. The van der Waals surface area contributed by atoms with Crippen LogP contribution in [0.15, 0.2) is 120 Å². The molecule has 10 nitrogen and oxygen atoms in total. The molecule has 5 aromatic carbocycles. The predicted molar refractivity (Wildman–Crippen MR) is 260 cm³/mol. The molecule has 2 unspecified atom stereocenters. The van der Waals surface area contributed by atoms with E-state index in [1.807, 2.05) is 69.4 Å². The van der Waals surface area contributed by atoms with Crippen molar-refractivity contribution < 1.29 is 13.9 Å². The Kier molecular flexibility index (Phi) is 17.9. The van der Waals surface area contributed by atoms with Crippen molar-refractivity contribution in [3.8, 4) is 16.9 Å². The maximum Gasteiger partial charge on any atom is 0.296 e. The van der Waals surface area contributed by atoms with Crippen LogP contribution in [0.2, 0.25) is 5.02 Å². The van der Waals surface area contributed by atoms with Crippen LogP contribution in [0.25, 0.3) is 11.1 Å². The van der Waals surface area contributed by atoms with E-state index in [4.69, 9.17) is 20.9 Å². The van der Waals surface area contributed by atoms with Crippen LogP contribution in [0, 0.1) is 10.1 Å². The summed E-state index contributed by atoms with van der Waals surface area (Å²) in [7, 11) is -0.745. The monoisotopic (exact) mass is 884 g/mol. The molecule has 61 heavy (non-hydrogen) atoms. The van der Waals surface area contributed by atoms with E-state index in [0.717, 1.165) is 69.1 Å². The summed E-state index contributed by atoms with van der Waals surface area (Å²) in [5.41, 5.74) is 6.78. The molecule has 0 aliphatic carbocycles. The summed E-state index contributed by atoms with van der Waals surface area (Å²) in [6.07, 6.45) is 6.35. The number of nitro groups is 1. The lowest BCUT2D eigenvalue weighted by molar-refractivity contribution is -0.384. The molecule has 326 valence electrons. The molecule has 2 aliphatic rings. The molecule has 0 aromatic heterocycles. The Morgan fingerprint density at radius 1 is 1.00 bits per heavy atom. The number of nitrogens with zero attached hydrogens (tertiary/aromatic N) is 4. The third-order valence-corrected chi connectivity index (χ3v) is 13.4. The first-order chi connectivity index (χ1) is 29.4. The van der Waals surface area contributed by atoms with Crippen LogP contribution in [0.5, 0.6) is 5.75 Å². The van der Waals surface area contributed by atoms with E-state index in [0.29, 0.717) is 23.8 Å². The van der Waals surface area contributed by atoms with Crippen molar-refractivity contribution in [2.75, 3.05) is 69.0 Å². The second-order valence-corrected chi connectivity index (χ2v) is 18.7. The van der Waals surface area contributed by atoms with Crippen molar-refractivity contribution in [1.82, 2.24) is 9.80 Å². The van der Waals surface area contributed by atoms with E-state index in [-0.39, 0.29) is 16.6 Å². The number of aryl methyl sites for hydroxylation is 1. The summed E-state index contributed by atoms with van der Waals surface area (Å²) in [6, 6.07) is 37.7. The molecular weight excluding hydrogens is 824 g/mol. The number of carbonyl (C=O) groups excluding carboxylic acids is 1. The molecule has 5 aromatic rings. The quantitative estimate of drug-likeness (QED) is 0.0483. The first-order valence-corrected chi connectivity index (χ1v) is 24.6. The number of nitrogens with one attached hydrogen (secondary N) is 1. The zero-order valence-corrected chi connectivity index (χ0v) is 38.7. The van der Waals surface area contributed by atoms with Gasteiger partial charge in [0.25, 0.3) is 5.69 Å². The number of hydrogen-bond donors (Lipinski definition) is 2. The minimum absolute atomic E-state index is 0.117. The Hall–Kier alpha value is -4.56. The standard InChI is InChI=1S/C39H47ClN6O4S.C7H8S.C2H6/c1-4-43(2)21-7-20-42-36-18-17-34(25-38(36)46(48)49)50-51(3,41)39(47)30-13-19-37-29(24-30)12-16-33-27-44(22-23-45(33)37)26-31-8-5-6-9-35(31)28-10-14-32(40)15-11-28;1-8-7-5-3-2-4-6-7;1-2/h5-6,8-11,13-15,17-19,24-25,33,42H,4,7,12,16,20-23,26-27,41H2,1-3H3;2-6H,1H3;1-2H3. The Balaban J connectivity index is 0.000000625. The normalized spacial score (nSPS) is 16.0. The molecule has 0 bridgehead atoms. The van der Waals surface area contributed by atoms with Gasteiger partial charge in [-0.2, -0.15) is 0 Å². The lowest BCUT2D eigenvalue weighted by atomic mass is 9.92. The van der Waals surface area contributed by atoms with Gasteiger partial charge in [0, 0.05) is 76.7 Å². The zero-order valence-electron chi connectivity index (χ0n) is 36.3. The largest absolute Gasteiger partial charge is 0.428 e. The van der Waals surface area contributed by atoms with Crippen molar-refractivity contribution in [3.63, 3.8) is 0 Å². The number of nitrogens with two attached hydrogens (primary N) is 1. The number of nitro benzene ring substituents is 1. The van der Waals surface area contributed by atoms with Gasteiger partial charge in [0.1, 0.15) is 11.4 Å². The van der Waals surface area contributed by atoms with E-state index in [1.165, 1.54) is 33.3 Å².